The van der Waals surface area contributed by atoms with Gasteiger partial charge in [-0.2, -0.15) is 0 Å². The summed E-state index contributed by atoms with van der Waals surface area (Å²) >= 11 is 3.32. The van der Waals surface area contributed by atoms with Crippen LogP contribution in [-0.4, -0.2) is 23.2 Å². The normalized spacial score (nSPS) is 10.4. The number of hydrogen-bond donors (Lipinski definition) is 1. The lowest BCUT2D eigenvalue weighted by atomic mass is 10.1. The average molecular weight is 388 g/mol. The Morgan fingerprint density at radius 2 is 1.83 bits per heavy atom. The van der Waals surface area contributed by atoms with E-state index in [-0.39, 0.29) is 11.9 Å². The number of anilines is 1. The monoisotopic (exact) mass is 387 g/mol. The number of benzene rings is 2. The van der Waals surface area contributed by atoms with Gasteiger partial charge >= 0.3 is 6.01 Å². The number of halogens is 1. The number of nitrogens with one attached hydrogen (secondary N) is 1. The molecule has 1 amide bonds. The topological polar surface area (TPSA) is 77.3 Å². The molecule has 1 aromatic heterocycles. The molecule has 0 atom stereocenters. The smallest absolute Gasteiger partial charge is 0.322 e. The van der Waals surface area contributed by atoms with E-state index in [9.17, 15) is 4.79 Å². The van der Waals surface area contributed by atoms with Gasteiger partial charge in [0.05, 0.1) is 13.5 Å². The molecule has 0 fully saturated rings. The van der Waals surface area contributed by atoms with Crippen molar-refractivity contribution in [1.82, 2.24) is 10.2 Å². The molecule has 0 aliphatic heterocycles. The summed E-state index contributed by atoms with van der Waals surface area (Å²) in [5, 5.41) is 10.4. The van der Waals surface area contributed by atoms with E-state index in [4.69, 9.17) is 9.15 Å². The summed E-state index contributed by atoms with van der Waals surface area (Å²) in [6, 6.07) is 14.6. The van der Waals surface area contributed by atoms with Gasteiger partial charge in [0.25, 0.3) is 5.91 Å². The van der Waals surface area contributed by atoms with Crippen molar-refractivity contribution in [2.24, 2.45) is 0 Å². The van der Waals surface area contributed by atoms with E-state index in [1.54, 1.807) is 31.4 Å². The lowest BCUT2D eigenvalue weighted by molar-refractivity contribution is 0.102. The molecule has 7 heteroatoms. The number of nitrogens with zero attached hydrogens (tertiary/aromatic N) is 2. The molecular weight excluding hydrogens is 374 g/mol. The molecule has 0 aliphatic carbocycles. The lowest BCUT2D eigenvalue weighted by Gasteiger charge is -2.01. The fourth-order valence-electron chi connectivity index (χ4n) is 2.06. The van der Waals surface area contributed by atoms with Crippen LogP contribution in [-0.2, 0) is 6.42 Å². The Kier molecular flexibility index (Phi) is 4.90. The molecule has 0 radical (unpaired) electrons. The fraction of sp³-hybridized carbons (Fsp3) is 0.118. The van der Waals surface area contributed by atoms with E-state index in [1.807, 2.05) is 24.3 Å². The highest BCUT2D eigenvalue weighted by atomic mass is 79.9. The second kappa shape index (κ2) is 7.27. The highest BCUT2D eigenvalue weighted by Crippen LogP contribution is 2.16. The van der Waals surface area contributed by atoms with Crippen LogP contribution in [0.3, 0.4) is 0 Å². The van der Waals surface area contributed by atoms with E-state index in [2.05, 4.69) is 31.4 Å². The Morgan fingerprint density at radius 3 is 2.50 bits per heavy atom. The van der Waals surface area contributed by atoms with Crippen LogP contribution in [0.15, 0.2) is 57.4 Å². The maximum Gasteiger partial charge on any atom is 0.322 e. The summed E-state index contributed by atoms with van der Waals surface area (Å²) in [7, 11) is 1.62. The van der Waals surface area contributed by atoms with Gasteiger partial charge in [0, 0.05) is 10.0 Å². The first-order valence-corrected chi connectivity index (χ1v) is 7.95. The highest BCUT2D eigenvalue weighted by Gasteiger charge is 2.12. The van der Waals surface area contributed by atoms with Crippen LogP contribution in [0.5, 0.6) is 5.75 Å². The molecule has 1 N–H and O–H groups in total. The number of amides is 1. The maximum absolute atomic E-state index is 12.1. The van der Waals surface area contributed by atoms with Gasteiger partial charge in [-0.05, 0) is 42.0 Å². The maximum atomic E-state index is 12.1. The number of rotatable bonds is 5. The zero-order valence-corrected chi connectivity index (χ0v) is 14.4. The second-order valence-electron chi connectivity index (χ2n) is 4.99. The minimum Gasteiger partial charge on any atom is -0.497 e. The van der Waals surface area contributed by atoms with Gasteiger partial charge < -0.3 is 9.15 Å². The van der Waals surface area contributed by atoms with Crippen molar-refractivity contribution in [1.29, 1.82) is 0 Å². The molecule has 0 spiro atoms. The van der Waals surface area contributed by atoms with E-state index in [0.717, 1.165) is 15.8 Å². The van der Waals surface area contributed by atoms with Crippen molar-refractivity contribution in [3.63, 3.8) is 0 Å². The minimum atomic E-state index is -0.304. The van der Waals surface area contributed by atoms with Crippen LogP contribution in [0.25, 0.3) is 0 Å². The van der Waals surface area contributed by atoms with Gasteiger partial charge in [-0.15, -0.1) is 5.10 Å². The first kappa shape index (κ1) is 16.2. The second-order valence-corrected chi connectivity index (χ2v) is 5.90. The summed E-state index contributed by atoms with van der Waals surface area (Å²) in [6.07, 6.45) is 0.477. The number of hydrogen-bond acceptors (Lipinski definition) is 5. The van der Waals surface area contributed by atoms with Crippen LogP contribution < -0.4 is 10.1 Å². The zero-order valence-electron chi connectivity index (χ0n) is 12.8. The molecule has 0 saturated heterocycles. The summed E-state index contributed by atoms with van der Waals surface area (Å²) in [6.45, 7) is 0. The van der Waals surface area contributed by atoms with Gasteiger partial charge in [0.1, 0.15) is 5.75 Å². The summed E-state index contributed by atoms with van der Waals surface area (Å²) < 4.78 is 11.5. The third-order valence-electron chi connectivity index (χ3n) is 3.31. The zero-order chi connectivity index (χ0) is 16.9. The predicted molar refractivity (Wildman–Crippen MR) is 92.2 cm³/mol. The number of carbonyl (C=O) groups is 1. The summed E-state index contributed by atoms with van der Waals surface area (Å²) in [4.78, 5) is 12.1. The van der Waals surface area contributed by atoms with Crippen molar-refractivity contribution in [2.75, 3.05) is 12.4 Å². The molecule has 0 saturated carbocycles. The SMILES string of the molecule is COc1ccc(Cc2nnc(NC(=O)c3ccc(Br)cc3)o2)cc1. The molecule has 6 nitrogen and oxygen atoms in total. The predicted octanol–water partition coefficient (Wildman–Crippen LogP) is 3.68. The van der Waals surface area contributed by atoms with E-state index < -0.39 is 0 Å². The quantitative estimate of drug-likeness (QED) is 0.722. The number of aromatic nitrogens is 2. The van der Waals surface area contributed by atoms with Gasteiger partial charge in [-0.1, -0.05) is 33.2 Å². The standard InChI is InChI=1S/C17H14BrN3O3/c1-23-14-8-2-11(3-9-14)10-15-20-21-17(24-15)19-16(22)12-4-6-13(18)7-5-12/h2-9H,10H2,1H3,(H,19,21,22). The van der Waals surface area contributed by atoms with Gasteiger partial charge in [-0.3, -0.25) is 10.1 Å². The van der Waals surface area contributed by atoms with Crippen molar-refractivity contribution >= 4 is 27.9 Å². The molecule has 3 rings (SSSR count). The fourth-order valence-corrected chi connectivity index (χ4v) is 2.33. The Bertz CT molecular complexity index is 829. The van der Waals surface area contributed by atoms with Crippen LogP contribution in [0.2, 0.25) is 0 Å². The first-order chi connectivity index (χ1) is 11.6. The van der Waals surface area contributed by atoms with E-state index >= 15 is 0 Å². The van der Waals surface area contributed by atoms with Crippen molar-refractivity contribution in [3.05, 3.63) is 70.0 Å². The molecular formula is C17H14BrN3O3. The largest absolute Gasteiger partial charge is 0.497 e. The lowest BCUT2D eigenvalue weighted by Crippen LogP contribution is -2.11. The van der Waals surface area contributed by atoms with Gasteiger partial charge in [0.2, 0.25) is 5.89 Å². The number of ether oxygens (including phenoxy) is 1. The molecule has 0 unspecified atom stereocenters. The molecule has 0 bridgehead atoms. The van der Waals surface area contributed by atoms with Crippen LogP contribution in [0, 0.1) is 0 Å². The van der Waals surface area contributed by atoms with E-state index in [0.29, 0.717) is 17.9 Å². The van der Waals surface area contributed by atoms with E-state index in [1.165, 1.54) is 0 Å². The Labute approximate surface area is 147 Å². The Hall–Kier alpha value is -2.67. The first-order valence-electron chi connectivity index (χ1n) is 7.16. The highest BCUT2D eigenvalue weighted by molar-refractivity contribution is 9.10. The average Bonchev–Trinajstić information content (AvgIpc) is 3.03. The van der Waals surface area contributed by atoms with Crippen LogP contribution >= 0.6 is 15.9 Å². The number of methoxy groups -OCH3 is 1. The third-order valence-corrected chi connectivity index (χ3v) is 3.84. The summed E-state index contributed by atoms with van der Waals surface area (Å²) in [5.74, 6) is 0.903. The Balaban J connectivity index is 1.64. The Morgan fingerprint density at radius 1 is 1.12 bits per heavy atom. The minimum absolute atomic E-state index is 0.0754. The molecule has 3 aromatic rings. The number of carbonyl (C=O) groups excluding carboxylic acids is 1. The van der Waals surface area contributed by atoms with Crippen LogP contribution in [0.4, 0.5) is 6.01 Å². The molecule has 0 aliphatic rings. The van der Waals surface area contributed by atoms with Crippen molar-refractivity contribution in [3.8, 4) is 5.75 Å². The summed E-state index contributed by atoms with van der Waals surface area (Å²) in [5.41, 5.74) is 1.51. The molecule has 122 valence electrons. The molecule has 24 heavy (non-hydrogen) atoms. The molecule has 2 aromatic carbocycles. The van der Waals surface area contributed by atoms with Crippen molar-refractivity contribution in [2.45, 2.75) is 6.42 Å². The molecule has 1 heterocycles. The van der Waals surface area contributed by atoms with Gasteiger partial charge in [0.15, 0.2) is 0 Å². The van der Waals surface area contributed by atoms with Crippen LogP contribution in [0.1, 0.15) is 21.8 Å². The van der Waals surface area contributed by atoms with Crippen molar-refractivity contribution < 1.29 is 13.9 Å². The third kappa shape index (κ3) is 3.99. The van der Waals surface area contributed by atoms with Gasteiger partial charge in [-0.25, -0.2) is 0 Å².